The van der Waals surface area contributed by atoms with Crippen LogP contribution in [-0.4, -0.2) is 7.11 Å². The zero-order chi connectivity index (χ0) is 20.8. The Hall–Kier alpha value is -1.33. The molecule has 3 aromatic rings. The summed E-state index contributed by atoms with van der Waals surface area (Å²) in [6.07, 6.45) is 0. The van der Waals surface area contributed by atoms with Crippen LogP contribution in [0.3, 0.4) is 0 Å². The molecule has 0 bridgehead atoms. The van der Waals surface area contributed by atoms with Gasteiger partial charge >= 0.3 is 0 Å². The molecule has 1 N–H and O–H groups in total. The molecule has 0 unspecified atom stereocenters. The summed E-state index contributed by atoms with van der Waals surface area (Å²) < 4.78 is 11.4. The molecular weight excluding hydrogens is 488 g/mol. The van der Waals surface area contributed by atoms with Crippen LogP contribution in [0.15, 0.2) is 54.6 Å². The molecular formula is C22H20Cl5NO2. The lowest BCUT2D eigenvalue weighted by atomic mass is 10.1. The predicted octanol–water partition coefficient (Wildman–Crippen LogP) is 7.60. The highest BCUT2D eigenvalue weighted by molar-refractivity contribution is 6.35. The van der Waals surface area contributed by atoms with Crippen molar-refractivity contribution < 1.29 is 9.47 Å². The highest BCUT2D eigenvalue weighted by atomic mass is 35.5. The average Bonchev–Trinajstić information content (AvgIpc) is 2.69. The molecule has 0 saturated carbocycles. The Morgan fingerprint density at radius 2 is 1.57 bits per heavy atom. The number of hydrogen-bond donors (Lipinski definition) is 1. The molecule has 0 heterocycles. The van der Waals surface area contributed by atoms with Crippen molar-refractivity contribution in [1.82, 2.24) is 5.32 Å². The van der Waals surface area contributed by atoms with Gasteiger partial charge in [-0.2, -0.15) is 0 Å². The molecule has 0 fully saturated rings. The zero-order valence-corrected chi connectivity index (χ0v) is 19.9. The Balaban J connectivity index is 0.00000320. The number of hydrogen-bond acceptors (Lipinski definition) is 3. The number of nitrogens with one attached hydrogen (secondary N) is 1. The standard InChI is InChI=1S/C22H19Cl4NO2.ClH/c1-28-21-9-14(11-27-12-15-4-2-3-5-18(15)24)8-20(26)22(21)29-13-16-6-7-17(23)10-19(16)25;/h2-10,27H,11-13H2,1H3;1H. The fraction of sp³-hybridized carbons (Fsp3) is 0.182. The first-order valence-electron chi connectivity index (χ1n) is 8.85. The van der Waals surface area contributed by atoms with Crippen LogP contribution >= 0.6 is 58.8 Å². The Morgan fingerprint density at radius 1 is 0.800 bits per heavy atom. The molecule has 3 aromatic carbocycles. The van der Waals surface area contributed by atoms with Crippen LogP contribution in [0.1, 0.15) is 16.7 Å². The topological polar surface area (TPSA) is 30.5 Å². The lowest BCUT2D eigenvalue weighted by molar-refractivity contribution is 0.284. The molecule has 0 aliphatic rings. The van der Waals surface area contributed by atoms with E-state index in [1.807, 2.05) is 42.5 Å². The van der Waals surface area contributed by atoms with Crippen molar-refractivity contribution in [3.8, 4) is 11.5 Å². The summed E-state index contributed by atoms with van der Waals surface area (Å²) in [5.74, 6) is 1.02. The fourth-order valence-electron chi connectivity index (χ4n) is 2.79. The number of ether oxygens (including phenoxy) is 2. The first kappa shape index (κ1) is 24.9. The first-order valence-corrected chi connectivity index (χ1v) is 10.4. The van der Waals surface area contributed by atoms with Gasteiger partial charge < -0.3 is 14.8 Å². The van der Waals surface area contributed by atoms with Gasteiger partial charge in [0.25, 0.3) is 0 Å². The number of halogens is 5. The van der Waals surface area contributed by atoms with Crippen molar-refractivity contribution in [3.05, 3.63) is 91.4 Å². The summed E-state index contributed by atoms with van der Waals surface area (Å²) in [6, 6.07) is 16.7. The van der Waals surface area contributed by atoms with Crippen LogP contribution in [0, 0.1) is 0 Å². The smallest absolute Gasteiger partial charge is 0.180 e. The molecule has 3 rings (SSSR count). The van der Waals surface area contributed by atoms with Crippen molar-refractivity contribution in [1.29, 1.82) is 0 Å². The fourth-order valence-corrected chi connectivity index (χ4v) is 3.74. The van der Waals surface area contributed by atoms with Gasteiger partial charge in [0, 0.05) is 33.7 Å². The first-order chi connectivity index (χ1) is 14.0. The van der Waals surface area contributed by atoms with E-state index < -0.39 is 0 Å². The third kappa shape index (κ3) is 6.58. The van der Waals surface area contributed by atoms with E-state index in [1.165, 1.54) is 0 Å². The third-order valence-corrected chi connectivity index (χ3v) is 5.52. The van der Waals surface area contributed by atoms with Crippen LogP contribution in [0.5, 0.6) is 11.5 Å². The highest BCUT2D eigenvalue weighted by Crippen LogP contribution is 2.37. The summed E-state index contributed by atoms with van der Waals surface area (Å²) in [4.78, 5) is 0. The normalized spacial score (nSPS) is 10.4. The molecule has 0 aliphatic heterocycles. The Kier molecular flexibility index (Phi) is 9.89. The van der Waals surface area contributed by atoms with Crippen molar-refractivity contribution >= 4 is 58.8 Å². The molecule has 0 saturated heterocycles. The van der Waals surface area contributed by atoms with Crippen molar-refractivity contribution in [2.75, 3.05) is 7.11 Å². The summed E-state index contributed by atoms with van der Waals surface area (Å²) in [7, 11) is 1.58. The van der Waals surface area contributed by atoms with Crippen molar-refractivity contribution in [3.63, 3.8) is 0 Å². The van der Waals surface area contributed by atoms with Crippen molar-refractivity contribution in [2.24, 2.45) is 0 Å². The molecule has 30 heavy (non-hydrogen) atoms. The lowest BCUT2D eigenvalue weighted by Crippen LogP contribution is -2.13. The Morgan fingerprint density at radius 3 is 2.27 bits per heavy atom. The maximum Gasteiger partial charge on any atom is 0.180 e. The van der Waals surface area contributed by atoms with Gasteiger partial charge in [0.2, 0.25) is 0 Å². The predicted molar refractivity (Wildman–Crippen MR) is 128 cm³/mol. The zero-order valence-electron chi connectivity index (χ0n) is 16.1. The number of benzene rings is 3. The molecule has 3 nitrogen and oxygen atoms in total. The maximum absolute atomic E-state index is 6.46. The van der Waals surface area contributed by atoms with Gasteiger partial charge in [-0.3, -0.25) is 0 Å². The van der Waals surface area contributed by atoms with E-state index in [-0.39, 0.29) is 19.0 Å². The van der Waals surface area contributed by atoms with Crippen molar-refractivity contribution in [2.45, 2.75) is 19.7 Å². The van der Waals surface area contributed by atoms with Gasteiger partial charge in [0.15, 0.2) is 11.5 Å². The summed E-state index contributed by atoms with van der Waals surface area (Å²) in [5, 5.41) is 5.66. The molecule has 0 aromatic heterocycles. The summed E-state index contributed by atoms with van der Waals surface area (Å²) in [5.41, 5.74) is 2.81. The Bertz CT molecular complexity index is 997. The van der Waals surface area contributed by atoms with Crippen LogP contribution in [0.25, 0.3) is 0 Å². The van der Waals surface area contributed by atoms with Crippen LogP contribution in [0.2, 0.25) is 20.1 Å². The van der Waals surface area contributed by atoms with Gasteiger partial charge in [0.05, 0.1) is 12.1 Å². The van der Waals surface area contributed by atoms with E-state index >= 15 is 0 Å². The largest absolute Gasteiger partial charge is 0.493 e. The van der Waals surface area contributed by atoms with Gasteiger partial charge in [-0.1, -0.05) is 70.7 Å². The van der Waals surface area contributed by atoms with E-state index in [2.05, 4.69) is 5.32 Å². The summed E-state index contributed by atoms with van der Waals surface area (Å²) >= 11 is 24.8. The third-order valence-electron chi connectivity index (χ3n) is 4.28. The van der Waals surface area contributed by atoms with Crippen LogP contribution < -0.4 is 14.8 Å². The van der Waals surface area contributed by atoms with Crippen LogP contribution in [0.4, 0.5) is 0 Å². The minimum absolute atomic E-state index is 0. The molecule has 0 radical (unpaired) electrons. The van der Waals surface area contributed by atoms with E-state index in [9.17, 15) is 0 Å². The van der Waals surface area contributed by atoms with Crippen LogP contribution in [-0.2, 0) is 19.7 Å². The quantitative estimate of drug-likeness (QED) is 0.341. The van der Waals surface area contributed by atoms with Gasteiger partial charge in [0.1, 0.15) is 6.61 Å². The van der Waals surface area contributed by atoms with E-state index in [0.29, 0.717) is 39.7 Å². The Labute approximate surface area is 202 Å². The molecule has 0 amide bonds. The van der Waals surface area contributed by atoms with Gasteiger partial charge in [-0.05, 0) is 41.5 Å². The molecule has 8 heteroatoms. The van der Waals surface area contributed by atoms with Gasteiger partial charge in [-0.15, -0.1) is 12.4 Å². The molecule has 0 aliphatic carbocycles. The van der Waals surface area contributed by atoms with E-state index in [4.69, 9.17) is 55.9 Å². The molecule has 160 valence electrons. The van der Waals surface area contributed by atoms with E-state index in [1.54, 1.807) is 19.2 Å². The number of rotatable bonds is 8. The SMILES string of the molecule is COc1cc(CNCc2ccccc2Cl)cc(Cl)c1OCc1ccc(Cl)cc1Cl.Cl. The molecule has 0 atom stereocenters. The second-order valence-electron chi connectivity index (χ2n) is 6.33. The van der Waals surface area contributed by atoms with E-state index in [0.717, 1.165) is 21.7 Å². The maximum atomic E-state index is 6.46. The lowest BCUT2D eigenvalue weighted by Gasteiger charge is -2.15. The second-order valence-corrected chi connectivity index (χ2v) is 7.99. The highest BCUT2D eigenvalue weighted by Gasteiger charge is 2.13. The average molecular weight is 508 g/mol. The minimum atomic E-state index is 0. The number of methoxy groups -OCH3 is 1. The minimum Gasteiger partial charge on any atom is -0.493 e. The second kappa shape index (κ2) is 11.9. The van der Waals surface area contributed by atoms with Gasteiger partial charge in [-0.25, -0.2) is 0 Å². The summed E-state index contributed by atoms with van der Waals surface area (Å²) in [6.45, 7) is 1.49. The monoisotopic (exact) mass is 505 g/mol. The molecule has 0 spiro atoms.